The number of hydrogen-bond acceptors (Lipinski definition) is 6. The van der Waals surface area contributed by atoms with Crippen LogP contribution in [-0.2, 0) is 4.79 Å². The highest BCUT2D eigenvalue weighted by Gasteiger charge is 2.32. The van der Waals surface area contributed by atoms with Crippen LogP contribution in [0, 0.1) is 0 Å². The van der Waals surface area contributed by atoms with Gasteiger partial charge in [-0.3, -0.25) is 4.79 Å². The Kier molecular flexibility index (Phi) is 4.36. The number of nitrogen functional groups attached to an aromatic ring is 1. The molecule has 32 heavy (non-hydrogen) atoms. The molecule has 3 aromatic heterocycles. The minimum Gasteiger partial charge on any atom is -0.383 e. The molecular weight excluding hydrogens is 420 g/mol. The summed E-state index contributed by atoms with van der Waals surface area (Å²) in [4.78, 5) is 22.8. The molecule has 1 atom stereocenters. The number of fused-ring (bicyclic) bond motifs is 2. The van der Waals surface area contributed by atoms with E-state index in [9.17, 15) is 4.79 Å². The fraction of sp³-hybridized carbons (Fsp3) is 0.250. The summed E-state index contributed by atoms with van der Waals surface area (Å²) in [6, 6.07) is 6.53. The van der Waals surface area contributed by atoms with Crippen LogP contribution in [0.1, 0.15) is 25.3 Å². The van der Waals surface area contributed by atoms with Crippen LogP contribution < -0.4 is 5.73 Å². The molecule has 4 heterocycles. The topological polar surface area (TPSA) is 89.9 Å². The fourth-order valence-electron chi connectivity index (χ4n) is 4.99. The molecule has 2 N–H and O–H groups in total. The highest BCUT2D eigenvalue weighted by Crippen LogP contribution is 2.40. The molecule has 1 unspecified atom stereocenters. The van der Waals surface area contributed by atoms with E-state index >= 15 is 0 Å². The van der Waals surface area contributed by atoms with E-state index in [2.05, 4.69) is 45.5 Å². The molecule has 0 saturated heterocycles. The number of hydrogen-bond donors (Lipinski definition) is 1. The summed E-state index contributed by atoms with van der Waals surface area (Å²) in [5.74, 6) is 0.438. The Balaban J connectivity index is 1.41. The molecule has 1 aliphatic carbocycles. The van der Waals surface area contributed by atoms with Crippen molar-refractivity contribution in [2.45, 2.75) is 25.3 Å². The van der Waals surface area contributed by atoms with Crippen molar-refractivity contribution >= 4 is 44.9 Å². The smallest absolute Gasteiger partial charge is 0.246 e. The first-order valence-electron chi connectivity index (χ1n) is 10.7. The van der Waals surface area contributed by atoms with Crippen molar-refractivity contribution in [3.8, 4) is 11.3 Å². The molecule has 7 nitrogen and oxygen atoms in total. The number of carbonyl (C=O) groups excluding carboxylic acids is 1. The monoisotopic (exact) mass is 442 g/mol. The highest BCUT2D eigenvalue weighted by atomic mass is 32.1. The maximum absolute atomic E-state index is 12.1. The number of rotatable bonds is 3. The molecule has 0 saturated carbocycles. The van der Waals surface area contributed by atoms with Crippen LogP contribution in [0.25, 0.3) is 33.1 Å². The van der Waals surface area contributed by atoms with Gasteiger partial charge in [-0.25, -0.2) is 14.6 Å². The molecule has 0 radical (unpaired) electrons. The number of nitrogens with two attached hydrogens (primary N) is 1. The van der Waals surface area contributed by atoms with Crippen molar-refractivity contribution in [2.24, 2.45) is 0 Å². The third-order valence-electron chi connectivity index (χ3n) is 6.63. The number of thiophene rings is 1. The molecular formula is C24H22N6OS. The van der Waals surface area contributed by atoms with Crippen LogP contribution in [0.5, 0.6) is 0 Å². The van der Waals surface area contributed by atoms with Crippen molar-refractivity contribution in [3.05, 3.63) is 59.1 Å². The lowest BCUT2D eigenvalue weighted by atomic mass is 9.90. The fourth-order valence-corrected chi connectivity index (χ4v) is 5.77. The predicted molar refractivity (Wildman–Crippen MR) is 127 cm³/mol. The molecule has 1 aromatic carbocycles. The largest absolute Gasteiger partial charge is 0.383 e. The Morgan fingerprint density at radius 3 is 2.91 bits per heavy atom. The van der Waals surface area contributed by atoms with Crippen LogP contribution in [-0.4, -0.2) is 43.6 Å². The minimum absolute atomic E-state index is 0.00730. The van der Waals surface area contributed by atoms with Crippen molar-refractivity contribution in [1.82, 2.24) is 24.6 Å². The maximum atomic E-state index is 12.1. The summed E-state index contributed by atoms with van der Waals surface area (Å²) in [5, 5.41) is 12.5. The van der Waals surface area contributed by atoms with E-state index in [0.717, 1.165) is 41.6 Å². The van der Waals surface area contributed by atoms with Gasteiger partial charge in [0.05, 0.1) is 11.4 Å². The number of benzene rings is 1. The number of anilines is 1. The van der Waals surface area contributed by atoms with Gasteiger partial charge in [0.25, 0.3) is 0 Å². The Morgan fingerprint density at radius 2 is 2.03 bits per heavy atom. The van der Waals surface area contributed by atoms with Gasteiger partial charge >= 0.3 is 0 Å². The van der Waals surface area contributed by atoms with Crippen LogP contribution >= 0.6 is 11.3 Å². The van der Waals surface area contributed by atoms with Crippen molar-refractivity contribution < 1.29 is 4.79 Å². The van der Waals surface area contributed by atoms with Crippen LogP contribution in [0.3, 0.4) is 0 Å². The van der Waals surface area contributed by atoms with Crippen molar-refractivity contribution in [2.75, 3.05) is 18.8 Å². The molecule has 0 bridgehead atoms. The Labute approximate surface area is 188 Å². The second kappa shape index (κ2) is 7.27. The van der Waals surface area contributed by atoms with E-state index in [1.807, 2.05) is 9.58 Å². The molecule has 0 fully saturated rings. The lowest BCUT2D eigenvalue weighted by molar-refractivity contribution is -0.124. The second-order valence-electron chi connectivity index (χ2n) is 8.47. The summed E-state index contributed by atoms with van der Waals surface area (Å²) >= 11 is 1.69. The number of aromatic nitrogens is 4. The molecule has 1 amide bonds. The van der Waals surface area contributed by atoms with Gasteiger partial charge in [0.1, 0.15) is 17.8 Å². The molecule has 8 heteroatoms. The molecule has 1 aliphatic heterocycles. The molecule has 0 spiro atoms. The molecule has 2 aliphatic rings. The lowest BCUT2D eigenvalue weighted by Crippen LogP contribution is -2.27. The van der Waals surface area contributed by atoms with E-state index in [0.29, 0.717) is 18.9 Å². The summed E-state index contributed by atoms with van der Waals surface area (Å²) in [6.45, 7) is 5.02. The van der Waals surface area contributed by atoms with E-state index in [1.54, 1.807) is 11.3 Å². The third-order valence-corrected chi connectivity index (χ3v) is 7.41. The van der Waals surface area contributed by atoms with E-state index in [1.165, 1.54) is 34.3 Å². The van der Waals surface area contributed by atoms with Gasteiger partial charge in [-0.2, -0.15) is 16.4 Å². The zero-order chi connectivity index (χ0) is 21.8. The van der Waals surface area contributed by atoms with Gasteiger partial charge in [0, 0.05) is 18.7 Å². The van der Waals surface area contributed by atoms with E-state index < -0.39 is 0 Å². The average molecular weight is 443 g/mol. The zero-order valence-corrected chi connectivity index (χ0v) is 18.3. The summed E-state index contributed by atoms with van der Waals surface area (Å²) in [7, 11) is 0. The zero-order valence-electron chi connectivity index (χ0n) is 17.5. The normalized spacial score (nSPS) is 18.5. The van der Waals surface area contributed by atoms with Crippen molar-refractivity contribution in [3.63, 3.8) is 0 Å². The van der Waals surface area contributed by atoms with Gasteiger partial charge in [-0.1, -0.05) is 18.7 Å². The summed E-state index contributed by atoms with van der Waals surface area (Å²) in [5.41, 5.74) is 11.6. The first-order valence-corrected chi connectivity index (χ1v) is 11.6. The molecule has 4 aromatic rings. The van der Waals surface area contributed by atoms with Gasteiger partial charge in [0.15, 0.2) is 5.65 Å². The summed E-state index contributed by atoms with van der Waals surface area (Å²) < 4.78 is 2.03. The van der Waals surface area contributed by atoms with Gasteiger partial charge in [-0.15, -0.1) is 0 Å². The number of amides is 1. The third kappa shape index (κ3) is 2.94. The highest BCUT2D eigenvalue weighted by molar-refractivity contribution is 7.09. The first-order chi connectivity index (χ1) is 15.6. The second-order valence-corrected chi connectivity index (χ2v) is 9.21. The van der Waals surface area contributed by atoms with Crippen molar-refractivity contribution in [1.29, 1.82) is 0 Å². The van der Waals surface area contributed by atoms with E-state index in [-0.39, 0.29) is 11.9 Å². The standard InChI is InChI=1S/C24H22N6OS/c1-2-20(31)29-9-15-5-6-19(8-17(15)10-29)30-24-21(23(25)26-13-27-24)22(28-30)14-3-4-16-11-32-12-18(16)7-14/h2-4,7,11-13,19H,1,5-6,8-10H2,(H2,25,26,27). The number of nitrogens with zero attached hydrogens (tertiary/aromatic N) is 5. The van der Waals surface area contributed by atoms with Crippen LogP contribution in [0.15, 0.2) is 59.1 Å². The average Bonchev–Trinajstić information content (AvgIpc) is 3.54. The maximum Gasteiger partial charge on any atom is 0.246 e. The summed E-state index contributed by atoms with van der Waals surface area (Å²) in [6.07, 6.45) is 5.68. The number of carbonyl (C=O) groups is 1. The SMILES string of the molecule is C=CC(=O)N1CC2=C(CC(n3nc(-c4ccc5cscc5c4)c4c(N)ncnc43)CC2)C1. The molecule has 6 rings (SSSR count). The van der Waals surface area contributed by atoms with Crippen LogP contribution in [0.4, 0.5) is 5.82 Å². The minimum atomic E-state index is -0.00730. The quantitative estimate of drug-likeness (QED) is 0.377. The van der Waals surface area contributed by atoms with Gasteiger partial charge in [-0.05, 0) is 64.1 Å². The van der Waals surface area contributed by atoms with Gasteiger partial charge < -0.3 is 10.6 Å². The Hall–Kier alpha value is -3.52. The first kappa shape index (κ1) is 19.2. The Morgan fingerprint density at radius 1 is 1.19 bits per heavy atom. The van der Waals surface area contributed by atoms with Crippen LogP contribution in [0.2, 0.25) is 0 Å². The van der Waals surface area contributed by atoms with E-state index in [4.69, 9.17) is 10.8 Å². The van der Waals surface area contributed by atoms with Gasteiger partial charge in [0.2, 0.25) is 5.91 Å². The Bertz CT molecular complexity index is 1430. The molecule has 160 valence electrons. The predicted octanol–water partition coefficient (Wildman–Crippen LogP) is 4.34. The lowest BCUT2D eigenvalue weighted by Gasteiger charge is -2.24.